The molecular weight excluding hydrogens is 420 g/mol. The zero-order valence-corrected chi connectivity index (χ0v) is 21.0. The van der Waals surface area contributed by atoms with Crippen molar-refractivity contribution in [2.45, 2.75) is 76.7 Å². The number of carbonyl (C=O) groups excluding carboxylic acids is 2. The van der Waals surface area contributed by atoms with Gasteiger partial charge >= 0.3 is 0 Å². The highest BCUT2D eigenvalue weighted by molar-refractivity contribution is 5.90. The zero-order valence-electron chi connectivity index (χ0n) is 21.0. The molecule has 4 heteroatoms. The Labute approximate surface area is 204 Å². The van der Waals surface area contributed by atoms with Gasteiger partial charge in [0.25, 0.3) is 0 Å². The highest BCUT2D eigenvalue weighted by Crippen LogP contribution is 2.47. The van der Waals surface area contributed by atoms with E-state index in [1.54, 1.807) is 0 Å². The number of rotatable bonds is 4. The second-order valence-corrected chi connectivity index (χ2v) is 11.2. The molecule has 3 aliphatic rings. The average molecular weight is 459 g/mol. The van der Waals surface area contributed by atoms with Crippen LogP contribution in [0.1, 0.15) is 67.2 Å². The molecule has 1 spiro atoms. The Bertz CT molecular complexity index is 1040. The van der Waals surface area contributed by atoms with Crippen LogP contribution in [0.25, 0.3) is 0 Å². The van der Waals surface area contributed by atoms with E-state index in [2.05, 4.69) is 61.2 Å². The number of amides is 2. The number of hydrogen-bond acceptors (Lipinski definition) is 2. The van der Waals surface area contributed by atoms with Crippen molar-refractivity contribution in [3.8, 4) is 0 Å². The first-order valence-electron chi connectivity index (χ1n) is 13.0. The van der Waals surface area contributed by atoms with E-state index in [4.69, 9.17) is 0 Å². The number of piperidine rings is 1. The predicted molar refractivity (Wildman–Crippen MR) is 136 cm³/mol. The lowest BCUT2D eigenvalue weighted by Gasteiger charge is -2.42. The van der Waals surface area contributed by atoms with Crippen LogP contribution in [0.5, 0.6) is 0 Å². The lowest BCUT2D eigenvalue weighted by molar-refractivity contribution is -0.145. The first-order chi connectivity index (χ1) is 16.3. The molecule has 1 saturated carbocycles. The second-order valence-electron chi connectivity index (χ2n) is 11.2. The summed E-state index contributed by atoms with van der Waals surface area (Å²) >= 11 is 0. The molecule has 180 valence electrons. The number of likely N-dealkylation sites (N-methyl/N-ethyl adjacent to an activating group) is 1. The van der Waals surface area contributed by atoms with E-state index in [1.165, 1.54) is 22.3 Å². The Morgan fingerprint density at radius 1 is 0.941 bits per heavy atom. The minimum atomic E-state index is -0.381. The fourth-order valence-electron chi connectivity index (χ4n) is 7.02. The van der Waals surface area contributed by atoms with Crippen molar-refractivity contribution in [3.05, 3.63) is 70.8 Å². The maximum absolute atomic E-state index is 14.0. The molecule has 0 radical (unpaired) electrons. The number of aryl methyl sites for hydroxylation is 2. The standard InChI is InChI=1S/C30H38N2O2/c1-22-17-23(2)19-25(18-22)30(11-7-8-12-30)28(34)32-15-13-29(14-16-32)21-26(31(3)27(29)33)20-24-9-5-4-6-10-24/h4-6,9-10,17-19,26H,7-8,11-16,20-21H2,1-3H3/t26-/m1/s1. The summed E-state index contributed by atoms with van der Waals surface area (Å²) in [4.78, 5) is 31.5. The molecule has 3 fully saturated rings. The Balaban J connectivity index is 1.31. The summed E-state index contributed by atoms with van der Waals surface area (Å²) in [5, 5.41) is 0. The molecule has 2 aliphatic heterocycles. The van der Waals surface area contributed by atoms with E-state index in [-0.39, 0.29) is 22.8 Å². The Morgan fingerprint density at radius 2 is 1.56 bits per heavy atom. The molecule has 2 saturated heterocycles. The number of benzene rings is 2. The molecule has 0 N–H and O–H groups in total. The number of nitrogens with zero attached hydrogens (tertiary/aromatic N) is 2. The summed E-state index contributed by atoms with van der Waals surface area (Å²) in [7, 11) is 1.97. The van der Waals surface area contributed by atoms with Gasteiger partial charge in [0, 0.05) is 26.2 Å². The topological polar surface area (TPSA) is 40.6 Å². The first kappa shape index (κ1) is 23.1. The van der Waals surface area contributed by atoms with E-state index in [0.717, 1.165) is 51.4 Å². The van der Waals surface area contributed by atoms with Gasteiger partial charge in [-0.2, -0.15) is 0 Å². The molecule has 1 aliphatic carbocycles. The van der Waals surface area contributed by atoms with Crippen molar-refractivity contribution in [1.29, 1.82) is 0 Å². The van der Waals surface area contributed by atoms with E-state index >= 15 is 0 Å². The molecule has 0 bridgehead atoms. The third kappa shape index (κ3) is 3.95. The molecule has 4 nitrogen and oxygen atoms in total. The fraction of sp³-hybridized carbons (Fsp3) is 0.533. The lowest BCUT2D eigenvalue weighted by Crippen LogP contribution is -2.52. The smallest absolute Gasteiger partial charge is 0.233 e. The number of likely N-dealkylation sites (tertiary alicyclic amines) is 2. The Hall–Kier alpha value is -2.62. The Kier molecular flexibility index (Phi) is 6.03. The highest BCUT2D eigenvalue weighted by atomic mass is 16.2. The molecule has 2 aromatic carbocycles. The fourth-order valence-corrected chi connectivity index (χ4v) is 7.02. The molecule has 0 aromatic heterocycles. The van der Waals surface area contributed by atoms with Crippen LogP contribution in [0.2, 0.25) is 0 Å². The maximum Gasteiger partial charge on any atom is 0.233 e. The maximum atomic E-state index is 14.0. The van der Waals surface area contributed by atoms with E-state index in [1.807, 2.05) is 18.0 Å². The predicted octanol–water partition coefficient (Wildman–Crippen LogP) is 5.20. The van der Waals surface area contributed by atoms with Crippen molar-refractivity contribution in [2.24, 2.45) is 5.41 Å². The van der Waals surface area contributed by atoms with Gasteiger partial charge in [0.15, 0.2) is 0 Å². The summed E-state index contributed by atoms with van der Waals surface area (Å²) in [6.07, 6.45) is 7.49. The van der Waals surface area contributed by atoms with Gasteiger partial charge < -0.3 is 9.80 Å². The summed E-state index contributed by atoms with van der Waals surface area (Å²) in [5.41, 5.74) is 4.27. The van der Waals surface area contributed by atoms with Gasteiger partial charge in [-0.05, 0) is 63.5 Å². The third-order valence-corrected chi connectivity index (χ3v) is 8.91. The van der Waals surface area contributed by atoms with Crippen LogP contribution in [0, 0.1) is 19.3 Å². The second kappa shape index (κ2) is 8.87. The van der Waals surface area contributed by atoms with Gasteiger partial charge in [-0.15, -0.1) is 0 Å². The van der Waals surface area contributed by atoms with Crippen LogP contribution in [-0.2, 0) is 21.4 Å². The van der Waals surface area contributed by atoms with Crippen LogP contribution in [0.4, 0.5) is 0 Å². The van der Waals surface area contributed by atoms with Crippen molar-refractivity contribution >= 4 is 11.8 Å². The molecule has 1 atom stereocenters. The van der Waals surface area contributed by atoms with Gasteiger partial charge in [-0.1, -0.05) is 72.5 Å². The SMILES string of the molecule is Cc1cc(C)cc(C2(C(=O)N3CCC4(CC3)C[C@@H](Cc3ccccc3)N(C)C4=O)CCCC2)c1. The van der Waals surface area contributed by atoms with E-state index in [0.29, 0.717) is 19.0 Å². The van der Waals surface area contributed by atoms with Gasteiger partial charge in [0.2, 0.25) is 11.8 Å². The van der Waals surface area contributed by atoms with Crippen LogP contribution in [0.15, 0.2) is 48.5 Å². The van der Waals surface area contributed by atoms with E-state index in [9.17, 15) is 9.59 Å². The molecule has 2 amide bonds. The van der Waals surface area contributed by atoms with Crippen LogP contribution < -0.4 is 0 Å². The molecule has 34 heavy (non-hydrogen) atoms. The van der Waals surface area contributed by atoms with Crippen LogP contribution >= 0.6 is 0 Å². The monoisotopic (exact) mass is 458 g/mol. The minimum Gasteiger partial charge on any atom is -0.342 e. The summed E-state index contributed by atoms with van der Waals surface area (Å²) in [6.45, 7) is 5.65. The summed E-state index contributed by atoms with van der Waals surface area (Å²) < 4.78 is 0. The highest BCUT2D eigenvalue weighted by Gasteiger charge is 2.53. The Morgan fingerprint density at radius 3 is 2.18 bits per heavy atom. The molecular formula is C30H38N2O2. The van der Waals surface area contributed by atoms with E-state index < -0.39 is 0 Å². The van der Waals surface area contributed by atoms with Gasteiger partial charge in [0.05, 0.1) is 10.8 Å². The number of hydrogen-bond donors (Lipinski definition) is 0. The van der Waals surface area contributed by atoms with Gasteiger partial charge in [-0.3, -0.25) is 9.59 Å². The largest absolute Gasteiger partial charge is 0.342 e. The van der Waals surface area contributed by atoms with Crippen molar-refractivity contribution in [2.75, 3.05) is 20.1 Å². The first-order valence-corrected chi connectivity index (χ1v) is 13.0. The molecule has 5 rings (SSSR count). The van der Waals surface area contributed by atoms with Crippen molar-refractivity contribution < 1.29 is 9.59 Å². The molecule has 0 unspecified atom stereocenters. The van der Waals surface area contributed by atoms with Crippen molar-refractivity contribution in [1.82, 2.24) is 9.80 Å². The van der Waals surface area contributed by atoms with Gasteiger partial charge in [-0.25, -0.2) is 0 Å². The normalized spacial score (nSPS) is 23.6. The van der Waals surface area contributed by atoms with Crippen molar-refractivity contribution in [3.63, 3.8) is 0 Å². The van der Waals surface area contributed by atoms with Gasteiger partial charge in [0.1, 0.15) is 0 Å². The average Bonchev–Trinajstić information content (AvgIpc) is 3.41. The molecule has 2 heterocycles. The lowest BCUT2D eigenvalue weighted by atomic mass is 9.73. The van der Waals surface area contributed by atoms with Crippen LogP contribution in [0.3, 0.4) is 0 Å². The zero-order chi connectivity index (χ0) is 23.9. The third-order valence-electron chi connectivity index (χ3n) is 8.91. The van der Waals surface area contributed by atoms with Crippen LogP contribution in [-0.4, -0.2) is 47.8 Å². The quantitative estimate of drug-likeness (QED) is 0.632. The number of carbonyl (C=O) groups is 2. The minimum absolute atomic E-state index is 0.244. The summed E-state index contributed by atoms with van der Waals surface area (Å²) in [6, 6.07) is 17.4. The molecule has 2 aromatic rings. The summed E-state index contributed by atoms with van der Waals surface area (Å²) in [5.74, 6) is 0.579.